The molecule has 0 unspecified atom stereocenters. The number of rotatable bonds is 1. The van der Waals surface area contributed by atoms with Gasteiger partial charge in [-0.25, -0.2) is 0 Å². The summed E-state index contributed by atoms with van der Waals surface area (Å²) in [6, 6.07) is 7.93. The van der Waals surface area contributed by atoms with Crippen molar-refractivity contribution in [3.8, 4) is 0 Å². The standard InChI is InChI=1S/C10H8N4OS/c1-6(15)11-9-12-13-10-14(9)7-4-2-3-5-8(7)16-10/h2-5H,1H3,(H,11,12,15). The predicted molar refractivity (Wildman–Crippen MR) is 62.7 cm³/mol. The van der Waals surface area contributed by atoms with Crippen molar-refractivity contribution in [1.29, 1.82) is 0 Å². The SMILES string of the molecule is CC(=O)Nc1nnc2sc3ccccc3n12. The van der Waals surface area contributed by atoms with Crippen LogP contribution in [0.3, 0.4) is 0 Å². The number of anilines is 1. The highest BCUT2D eigenvalue weighted by Gasteiger charge is 2.12. The lowest BCUT2D eigenvalue weighted by molar-refractivity contribution is -0.114. The third-order valence-corrected chi connectivity index (χ3v) is 3.24. The van der Waals surface area contributed by atoms with E-state index in [0.29, 0.717) is 5.95 Å². The topological polar surface area (TPSA) is 59.3 Å². The lowest BCUT2D eigenvalue weighted by atomic mass is 10.3. The van der Waals surface area contributed by atoms with Crippen LogP contribution in [-0.2, 0) is 4.79 Å². The molecular formula is C10H8N4OS. The first-order valence-corrected chi connectivity index (χ1v) is 5.57. The van der Waals surface area contributed by atoms with Crippen LogP contribution in [0, 0.1) is 0 Å². The van der Waals surface area contributed by atoms with Gasteiger partial charge in [-0.05, 0) is 12.1 Å². The number of para-hydroxylation sites is 1. The van der Waals surface area contributed by atoms with Crippen LogP contribution in [0.25, 0.3) is 15.2 Å². The highest BCUT2D eigenvalue weighted by molar-refractivity contribution is 7.23. The Balaban J connectivity index is 2.34. The number of nitrogens with zero attached hydrogens (tertiary/aromatic N) is 3. The minimum Gasteiger partial charge on any atom is -0.295 e. The van der Waals surface area contributed by atoms with Crippen LogP contribution in [0.15, 0.2) is 24.3 Å². The van der Waals surface area contributed by atoms with Gasteiger partial charge in [-0.15, -0.1) is 10.2 Å². The summed E-state index contributed by atoms with van der Waals surface area (Å²) in [4.78, 5) is 11.8. The molecule has 0 saturated carbocycles. The summed E-state index contributed by atoms with van der Waals surface area (Å²) < 4.78 is 2.97. The lowest BCUT2D eigenvalue weighted by Crippen LogP contribution is -2.08. The molecule has 0 spiro atoms. The fourth-order valence-corrected chi connectivity index (χ4v) is 2.58. The van der Waals surface area contributed by atoms with Crippen molar-refractivity contribution in [2.45, 2.75) is 6.92 Å². The monoisotopic (exact) mass is 232 g/mol. The number of hydrogen-bond acceptors (Lipinski definition) is 4. The second kappa shape index (κ2) is 3.28. The van der Waals surface area contributed by atoms with Crippen molar-refractivity contribution in [3.05, 3.63) is 24.3 Å². The molecule has 3 rings (SSSR count). The summed E-state index contributed by atoms with van der Waals surface area (Å²) in [6.07, 6.45) is 0. The van der Waals surface area contributed by atoms with Crippen LogP contribution in [0.2, 0.25) is 0 Å². The van der Waals surface area contributed by atoms with E-state index in [9.17, 15) is 4.79 Å². The van der Waals surface area contributed by atoms with Crippen LogP contribution < -0.4 is 5.32 Å². The predicted octanol–water partition coefficient (Wildman–Crippen LogP) is 1.90. The average molecular weight is 232 g/mol. The molecule has 0 fully saturated rings. The lowest BCUT2D eigenvalue weighted by Gasteiger charge is -1.97. The molecule has 0 saturated heterocycles. The highest BCUT2D eigenvalue weighted by atomic mass is 32.1. The summed E-state index contributed by atoms with van der Waals surface area (Å²) in [5, 5.41) is 10.6. The van der Waals surface area contributed by atoms with Crippen LogP contribution in [-0.4, -0.2) is 20.5 Å². The number of fused-ring (bicyclic) bond motifs is 3. The second-order valence-corrected chi connectivity index (χ2v) is 4.40. The molecule has 0 aliphatic rings. The van der Waals surface area contributed by atoms with Gasteiger partial charge < -0.3 is 0 Å². The molecular weight excluding hydrogens is 224 g/mol. The van der Waals surface area contributed by atoms with Crippen molar-refractivity contribution in [2.24, 2.45) is 0 Å². The first-order valence-electron chi connectivity index (χ1n) is 4.76. The van der Waals surface area contributed by atoms with E-state index >= 15 is 0 Å². The van der Waals surface area contributed by atoms with Gasteiger partial charge in [-0.1, -0.05) is 23.5 Å². The van der Waals surface area contributed by atoms with Crippen molar-refractivity contribution in [3.63, 3.8) is 0 Å². The zero-order valence-corrected chi connectivity index (χ0v) is 9.28. The van der Waals surface area contributed by atoms with Gasteiger partial charge >= 0.3 is 0 Å². The summed E-state index contributed by atoms with van der Waals surface area (Å²) in [7, 11) is 0. The molecule has 1 amide bonds. The van der Waals surface area contributed by atoms with Crippen molar-refractivity contribution >= 4 is 38.4 Å². The minimum absolute atomic E-state index is 0.149. The first kappa shape index (κ1) is 9.29. The van der Waals surface area contributed by atoms with Crippen molar-refractivity contribution < 1.29 is 4.79 Å². The summed E-state index contributed by atoms with van der Waals surface area (Å²) in [5.74, 6) is 0.324. The molecule has 0 aliphatic carbocycles. The van der Waals surface area contributed by atoms with E-state index in [4.69, 9.17) is 0 Å². The molecule has 2 heterocycles. The smallest absolute Gasteiger partial charge is 0.236 e. The molecule has 0 bridgehead atoms. The van der Waals surface area contributed by atoms with E-state index in [0.717, 1.165) is 15.2 Å². The number of thiazole rings is 1. The second-order valence-electron chi connectivity index (χ2n) is 3.39. The van der Waals surface area contributed by atoms with Gasteiger partial charge in [0, 0.05) is 6.92 Å². The van der Waals surface area contributed by atoms with Gasteiger partial charge in [0.2, 0.25) is 16.8 Å². The van der Waals surface area contributed by atoms with E-state index < -0.39 is 0 Å². The maximum Gasteiger partial charge on any atom is 0.236 e. The summed E-state index contributed by atoms with van der Waals surface area (Å²) in [5.41, 5.74) is 1.01. The molecule has 1 N–H and O–H groups in total. The number of hydrogen-bond donors (Lipinski definition) is 1. The quantitative estimate of drug-likeness (QED) is 0.697. The van der Waals surface area contributed by atoms with Crippen molar-refractivity contribution in [2.75, 3.05) is 5.32 Å². The molecule has 80 valence electrons. The zero-order chi connectivity index (χ0) is 11.1. The number of aromatic nitrogens is 3. The van der Waals surface area contributed by atoms with Gasteiger partial charge in [-0.3, -0.25) is 14.5 Å². The molecule has 2 aromatic heterocycles. The molecule has 0 atom stereocenters. The van der Waals surface area contributed by atoms with Gasteiger partial charge in [0.25, 0.3) is 0 Å². The summed E-state index contributed by atoms with van der Waals surface area (Å²) in [6.45, 7) is 1.45. The van der Waals surface area contributed by atoms with E-state index in [1.54, 1.807) is 11.3 Å². The number of benzene rings is 1. The average Bonchev–Trinajstić information content (AvgIpc) is 2.77. The third kappa shape index (κ3) is 1.27. The molecule has 16 heavy (non-hydrogen) atoms. The Hall–Kier alpha value is -1.95. The fourth-order valence-electron chi connectivity index (χ4n) is 1.62. The Morgan fingerprint density at radius 2 is 2.19 bits per heavy atom. The Kier molecular flexibility index (Phi) is 1.90. The molecule has 5 nitrogen and oxygen atoms in total. The van der Waals surface area contributed by atoms with Gasteiger partial charge in [0.05, 0.1) is 10.2 Å². The third-order valence-electron chi connectivity index (χ3n) is 2.23. The summed E-state index contributed by atoms with van der Waals surface area (Å²) >= 11 is 1.55. The highest BCUT2D eigenvalue weighted by Crippen LogP contribution is 2.27. The van der Waals surface area contributed by atoms with E-state index in [1.807, 2.05) is 28.7 Å². The first-order chi connectivity index (χ1) is 7.75. The molecule has 1 aromatic carbocycles. The maximum atomic E-state index is 11.0. The minimum atomic E-state index is -0.149. The zero-order valence-electron chi connectivity index (χ0n) is 8.47. The number of carbonyl (C=O) groups is 1. The number of amides is 1. The molecule has 6 heteroatoms. The Morgan fingerprint density at radius 1 is 1.38 bits per heavy atom. The van der Waals surface area contributed by atoms with E-state index in [2.05, 4.69) is 15.5 Å². The van der Waals surface area contributed by atoms with E-state index in [1.165, 1.54) is 6.92 Å². The van der Waals surface area contributed by atoms with Gasteiger partial charge in [0.1, 0.15) is 0 Å². The number of carbonyl (C=O) groups excluding carboxylic acids is 1. The van der Waals surface area contributed by atoms with Crippen LogP contribution >= 0.6 is 11.3 Å². The molecule has 3 aromatic rings. The number of nitrogens with one attached hydrogen (secondary N) is 1. The normalized spacial score (nSPS) is 11.1. The van der Waals surface area contributed by atoms with Crippen LogP contribution in [0.1, 0.15) is 6.92 Å². The van der Waals surface area contributed by atoms with Crippen LogP contribution in [0.5, 0.6) is 0 Å². The largest absolute Gasteiger partial charge is 0.295 e. The van der Waals surface area contributed by atoms with E-state index in [-0.39, 0.29) is 5.91 Å². The molecule has 0 radical (unpaired) electrons. The van der Waals surface area contributed by atoms with Crippen molar-refractivity contribution in [1.82, 2.24) is 14.6 Å². The van der Waals surface area contributed by atoms with Crippen LogP contribution in [0.4, 0.5) is 5.95 Å². The maximum absolute atomic E-state index is 11.0. The Bertz CT molecular complexity index is 684. The fraction of sp³-hybridized carbons (Fsp3) is 0.100. The van der Waals surface area contributed by atoms with Gasteiger partial charge in [0.15, 0.2) is 0 Å². The Labute approximate surface area is 94.7 Å². The Morgan fingerprint density at radius 3 is 3.00 bits per heavy atom. The molecule has 0 aliphatic heterocycles. The van der Waals surface area contributed by atoms with Gasteiger partial charge in [-0.2, -0.15) is 0 Å².